The molecule has 29 heteroatoms. The number of aliphatic hydroxyl groups is 2. The molecular formula is C35H56N7O18P3S. The van der Waals surface area contributed by atoms with Gasteiger partial charge in [-0.1, -0.05) is 44.7 Å². The molecule has 2 aromatic rings. The number of rotatable bonds is 26. The number of anilines is 1. The van der Waals surface area contributed by atoms with Crippen LogP contribution in [0.15, 0.2) is 24.8 Å². The Labute approximate surface area is 372 Å². The first-order valence-corrected chi connectivity index (χ1v) is 25.7. The highest BCUT2D eigenvalue weighted by Crippen LogP contribution is 2.61. The monoisotopic (exact) mass is 987 g/mol. The molecule has 1 saturated heterocycles. The van der Waals surface area contributed by atoms with Crippen molar-refractivity contribution in [2.45, 2.75) is 103 Å². The third-order valence-electron chi connectivity index (χ3n) is 10.3. The summed E-state index contributed by atoms with van der Waals surface area (Å²) >= 11 is 1.09. The van der Waals surface area contributed by atoms with Crippen LogP contribution in [0, 0.1) is 17.3 Å². The molecule has 2 amide bonds. The smallest absolute Gasteiger partial charge is 0.386 e. The molecule has 2 aromatic heterocycles. The molecule has 10 N–H and O–H groups in total. The lowest BCUT2D eigenvalue weighted by Gasteiger charge is -2.30. The number of phosphoric ester groups is 3. The number of allylic oxidation sites excluding steroid dienone is 2. The third kappa shape index (κ3) is 16.1. The molecule has 1 aliphatic heterocycles. The van der Waals surface area contributed by atoms with E-state index < -0.39 is 84.6 Å². The summed E-state index contributed by atoms with van der Waals surface area (Å²) in [4.78, 5) is 101. The van der Waals surface area contributed by atoms with Crippen LogP contribution >= 0.6 is 35.2 Å². The van der Waals surface area contributed by atoms with Crippen LogP contribution in [0.4, 0.5) is 5.82 Å². The summed E-state index contributed by atoms with van der Waals surface area (Å²) < 4.78 is 62.3. The number of nitrogens with zero attached hydrogens (tertiary/aromatic N) is 4. The van der Waals surface area contributed by atoms with E-state index in [-0.39, 0.29) is 53.4 Å². The van der Waals surface area contributed by atoms with Crippen molar-refractivity contribution in [3.8, 4) is 0 Å². The normalized spacial score (nSPS) is 24.2. The van der Waals surface area contributed by atoms with Crippen molar-refractivity contribution >= 4 is 74.9 Å². The number of carbonyl (C=O) groups excluding carboxylic acids is 4. The Morgan fingerprint density at radius 3 is 2.48 bits per heavy atom. The number of Topliss-reactive ketones (excluding diaryl/α,β-unsaturated/α-hetero) is 1. The highest BCUT2D eigenvalue weighted by molar-refractivity contribution is 8.13. The predicted octanol–water partition coefficient (Wildman–Crippen LogP) is 1.79. The number of ether oxygens (including phenoxy) is 1. The van der Waals surface area contributed by atoms with Gasteiger partial charge in [-0.25, -0.2) is 28.6 Å². The van der Waals surface area contributed by atoms with E-state index in [0.29, 0.717) is 30.8 Å². The number of thioether (sulfide) groups is 1. The van der Waals surface area contributed by atoms with Crippen LogP contribution in [0.5, 0.6) is 0 Å². The molecule has 4 unspecified atom stereocenters. The molecule has 4 rings (SSSR count). The van der Waals surface area contributed by atoms with Crippen LogP contribution in [0.3, 0.4) is 0 Å². The first-order valence-electron chi connectivity index (χ1n) is 20.2. The minimum absolute atomic E-state index is 0.0158. The van der Waals surface area contributed by atoms with Gasteiger partial charge in [0.15, 0.2) is 22.8 Å². The van der Waals surface area contributed by atoms with E-state index >= 15 is 0 Å². The number of carbonyl (C=O) groups is 4. The molecule has 3 heterocycles. The molecular weight excluding hydrogens is 931 g/mol. The number of nitrogen functional groups attached to an aromatic ring is 1. The van der Waals surface area contributed by atoms with Gasteiger partial charge in [0.1, 0.15) is 42.0 Å². The Bertz CT molecular complexity index is 2120. The SMILES string of the molecule is CC/C=C\CC1C(=O)CCC1CCCC(=O)SCCNC(=O)CCNC(=O)[C@H](O)C(C)(C)COP(=O)(O)OP(=O)(O)OC[C@H]1O[C@@H](n2cnc3c(N)ncnc32)[C@H](O)[C@@H]1OP(=O)(O)O. The van der Waals surface area contributed by atoms with Crippen molar-refractivity contribution in [2.24, 2.45) is 17.3 Å². The van der Waals surface area contributed by atoms with Gasteiger partial charge in [-0.3, -0.25) is 37.3 Å². The fourth-order valence-corrected chi connectivity index (χ4v) is 10.5. The summed E-state index contributed by atoms with van der Waals surface area (Å²) in [5, 5.41) is 26.5. The third-order valence-corrected chi connectivity index (χ3v) is 14.3. The Morgan fingerprint density at radius 1 is 1.06 bits per heavy atom. The van der Waals surface area contributed by atoms with E-state index in [1.165, 1.54) is 13.8 Å². The van der Waals surface area contributed by atoms with Crippen LogP contribution < -0.4 is 16.4 Å². The van der Waals surface area contributed by atoms with Crippen LogP contribution in [-0.4, -0.2) is 128 Å². The number of ketones is 1. The van der Waals surface area contributed by atoms with Crippen LogP contribution in [0.1, 0.15) is 78.4 Å². The number of phosphoric acid groups is 3. The largest absolute Gasteiger partial charge is 0.481 e. The van der Waals surface area contributed by atoms with Gasteiger partial charge < -0.3 is 50.9 Å². The number of aromatic nitrogens is 4. The number of nitrogens with two attached hydrogens (primary N) is 1. The first-order chi connectivity index (χ1) is 29.9. The van der Waals surface area contributed by atoms with Gasteiger partial charge in [-0.05, 0) is 38.0 Å². The number of nitrogens with one attached hydrogen (secondary N) is 2. The maximum atomic E-state index is 12.7. The second-order valence-electron chi connectivity index (χ2n) is 15.7. The fraction of sp³-hybridized carbons (Fsp3) is 0.686. The molecule has 25 nitrogen and oxygen atoms in total. The van der Waals surface area contributed by atoms with Gasteiger partial charge in [0.05, 0.1) is 19.5 Å². The zero-order chi connectivity index (χ0) is 47.5. The van der Waals surface area contributed by atoms with Crippen LogP contribution in [0.2, 0.25) is 0 Å². The fourth-order valence-electron chi connectivity index (χ4n) is 6.93. The molecule has 360 valence electrons. The number of imidazole rings is 1. The summed E-state index contributed by atoms with van der Waals surface area (Å²) in [6, 6.07) is 0. The lowest BCUT2D eigenvalue weighted by atomic mass is 9.87. The van der Waals surface area contributed by atoms with Crippen LogP contribution in [0.25, 0.3) is 11.2 Å². The molecule has 0 bridgehead atoms. The average molecular weight is 988 g/mol. The summed E-state index contributed by atoms with van der Waals surface area (Å²) in [5.74, 6) is -0.541. The Balaban J connectivity index is 1.15. The predicted molar refractivity (Wildman–Crippen MR) is 226 cm³/mol. The van der Waals surface area contributed by atoms with Gasteiger partial charge >= 0.3 is 23.5 Å². The number of amides is 2. The van der Waals surface area contributed by atoms with Crippen molar-refractivity contribution in [1.82, 2.24) is 30.2 Å². The molecule has 0 spiro atoms. The number of aliphatic hydroxyl groups excluding tert-OH is 2. The second kappa shape index (κ2) is 23.6. The molecule has 1 aliphatic carbocycles. The van der Waals surface area contributed by atoms with Gasteiger partial charge in [-0.2, -0.15) is 4.31 Å². The van der Waals surface area contributed by atoms with E-state index in [9.17, 15) is 62.7 Å². The van der Waals surface area contributed by atoms with E-state index in [0.717, 1.165) is 54.7 Å². The van der Waals surface area contributed by atoms with Gasteiger partial charge in [0.2, 0.25) is 11.8 Å². The quantitative estimate of drug-likeness (QED) is 0.0368. The number of hydrogen-bond acceptors (Lipinski definition) is 19. The van der Waals surface area contributed by atoms with Crippen LogP contribution in [-0.2, 0) is 55.5 Å². The molecule has 64 heavy (non-hydrogen) atoms. The Kier molecular flexibility index (Phi) is 19.8. The zero-order valence-electron chi connectivity index (χ0n) is 35.2. The lowest BCUT2D eigenvalue weighted by Crippen LogP contribution is -2.46. The standard InChI is InChI=1S/C35H56N7O18P3S/c1-4-5-6-9-22-21(11-12-23(22)43)8-7-10-26(45)64-16-15-37-25(44)13-14-38-33(48)30(47)35(2,3)18-57-63(54,55)60-62(52,53)56-17-24-29(59-61(49,50)51)28(46)34(58-24)42-20-41-27-31(36)39-19-40-32(27)42/h5-6,19-22,24,28-30,34,46-47H,4,7-18H2,1-3H3,(H,37,44)(H,38,48)(H,52,53)(H,54,55)(H2,36,39,40)(H2,49,50,51)/b6-5-/t21?,22?,24-,28-,29-,30+,34-/m1/s1. The molecule has 9 atom stereocenters. The summed E-state index contributed by atoms with van der Waals surface area (Å²) in [5.41, 5.74) is 4.25. The minimum Gasteiger partial charge on any atom is -0.386 e. The average Bonchev–Trinajstić information content (AvgIpc) is 3.89. The van der Waals surface area contributed by atoms with E-state index in [1.807, 2.05) is 6.92 Å². The zero-order valence-corrected chi connectivity index (χ0v) is 38.7. The van der Waals surface area contributed by atoms with Crippen molar-refractivity contribution < 1.29 is 85.3 Å². The van der Waals surface area contributed by atoms with Gasteiger partial charge in [-0.15, -0.1) is 0 Å². The highest BCUT2D eigenvalue weighted by atomic mass is 32.2. The van der Waals surface area contributed by atoms with Crippen molar-refractivity contribution in [3.05, 3.63) is 24.8 Å². The van der Waals surface area contributed by atoms with E-state index in [2.05, 4.69) is 46.6 Å². The van der Waals surface area contributed by atoms with Gasteiger partial charge in [0.25, 0.3) is 0 Å². The first kappa shape index (κ1) is 53.6. The van der Waals surface area contributed by atoms with Crippen molar-refractivity contribution in [1.29, 1.82) is 0 Å². The minimum atomic E-state index is -5.58. The highest BCUT2D eigenvalue weighted by Gasteiger charge is 2.50. The summed E-state index contributed by atoms with van der Waals surface area (Å²) in [7, 11) is -16.4. The summed E-state index contributed by atoms with van der Waals surface area (Å²) in [6.45, 7) is 2.49. The van der Waals surface area contributed by atoms with E-state index in [4.69, 9.17) is 19.5 Å². The van der Waals surface area contributed by atoms with E-state index in [1.54, 1.807) is 0 Å². The second-order valence-corrected chi connectivity index (χ2v) is 21.1. The maximum Gasteiger partial charge on any atom is 0.481 e. The Hall–Kier alpha value is -3.03. The maximum absolute atomic E-state index is 12.7. The van der Waals surface area contributed by atoms with Gasteiger partial charge in [0, 0.05) is 49.4 Å². The summed E-state index contributed by atoms with van der Waals surface area (Å²) in [6.07, 6.45) is 2.09. The van der Waals surface area contributed by atoms with Crippen molar-refractivity contribution in [3.63, 3.8) is 0 Å². The molecule has 2 aliphatic rings. The lowest BCUT2D eigenvalue weighted by molar-refractivity contribution is -0.137. The Morgan fingerprint density at radius 2 is 1.78 bits per heavy atom. The topological polar surface area (TPSA) is 381 Å². The number of fused-ring (bicyclic) bond motifs is 1. The molecule has 0 aromatic carbocycles. The molecule has 2 fully saturated rings. The van der Waals surface area contributed by atoms with Crippen molar-refractivity contribution in [2.75, 3.05) is 37.8 Å². The molecule has 1 saturated carbocycles. The number of hydrogen-bond donors (Lipinski definition) is 9. The molecule has 0 radical (unpaired) electrons.